The van der Waals surface area contributed by atoms with Crippen LogP contribution in [0.3, 0.4) is 0 Å². The zero-order valence-corrected chi connectivity index (χ0v) is 12.7. The van der Waals surface area contributed by atoms with Gasteiger partial charge in [-0.25, -0.2) is 0 Å². The molecule has 1 fully saturated rings. The minimum atomic E-state index is -0.119. The molecule has 21 heavy (non-hydrogen) atoms. The first-order valence-corrected chi connectivity index (χ1v) is 6.94. The van der Waals surface area contributed by atoms with E-state index in [-0.39, 0.29) is 12.0 Å². The predicted molar refractivity (Wildman–Crippen MR) is 79.9 cm³/mol. The number of benzene rings is 1. The number of nitrogen functional groups attached to an aromatic ring is 1. The van der Waals surface area contributed by atoms with Gasteiger partial charge in [0.1, 0.15) is 11.5 Å². The summed E-state index contributed by atoms with van der Waals surface area (Å²) in [6, 6.07) is 3.32. The van der Waals surface area contributed by atoms with Crippen molar-refractivity contribution in [3.63, 3.8) is 0 Å². The monoisotopic (exact) mass is 294 g/mol. The summed E-state index contributed by atoms with van der Waals surface area (Å²) in [4.78, 5) is 14.5. The van der Waals surface area contributed by atoms with Gasteiger partial charge in [-0.2, -0.15) is 0 Å². The van der Waals surface area contributed by atoms with Crippen LogP contribution in [-0.2, 0) is 4.74 Å². The molecule has 1 heterocycles. The van der Waals surface area contributed by atoms with Crippen LogP contribution in [-0.4, -0.2) is 51.3 Å². The smallest absolute Gasteiger partial charge is 0.256 e. The average molecular weight is 294 g/mol. The van der Waals surface area contributed by atoms with Crippen molar-refractivity contribution in [1.82, 2.24) is 4.90 Å². The van der Waals surface area contributed by atoms with Gasteiger partial charge in [-0.1, -0.05) is 0 Å². The van der Waals surface area contributed by atoms with Crippen LogP contribution in [0.1, 0.15) is 23.2 Å². The lowest BCUT2D eigenvalue weighted by atomic mass is 10.1. The van der Waals surface area contributed by atoms with Crippen LogP contribution in [0.5, 0.6) is 11.5 Å². The molecule has 0 aliphatic carbocycles. The number of carbonyl (C=O) groups excluding carboxylic acids is 1. The second-order valence-corrected chi connectivity index (χ2v) is 5.04. The Morgan fingerprint density at radius 1 is 1.29 bits per heavy atom. The van der Waals surface area contributed by atoms with Crippen molar-refractivity contribution in [3.8, 4) is 11.5 Å². The van der Waals surface area contributed by atoms with Crippen molar-refractivity contribution < 1.29 is 19.0 Å². The first-order valence-electron chi connectivity index (χ1n) is 6.94. The number of likely N-dealkylation sites (tertiary alicyclic amines) is 1. The van der Waals surface area contributed by atoms with E-state index in [1.54, 1.807) is 31.3 Å². The molecule has 1 atom stereocenters. The van der Waals surface area contributed by atoms with E-state index in [0.717, 1.165) is 12.8 Å². The number of hydrogen-bond donors (Lipinski definition) is 1. The number of rotatable bonds is 4. The molecule has 0 aromatic heterocycles. The molecule has 2 rings (SSSR count). The average Bonchev–Trinajstić information content (AvgIpc) is 2.54. The van der Waals surface area contributed by atoms with Gasteiger partial charge in [-0.3, -0.25) is 4.79 Å². The van der Waals surface area contributed by atoms with Crippen molar-refractivity contribution >= 4 is 11.6 Å². The molecule has 6 heteroatoms. The molecule has 0 bridgehead atoms. The summed E-state index contributed by atoms with van der Waals surface area (Å²) in [7, 11) is 4.73. The lowest BCUT2D eigenvalue weighted by Crippen LogP contribution is -2.43. The Labute approximate surface area is 124 Å². The largest absolute Gasteiger partial charge is 0.497 e. The summed E-state index contributed by atoms with van der Waals surface area (Å²) < 4.78 is 15.8. The summed E-state index contributed by atoms with van der Waals surface area (Å²) in [6.45, 7) is 1.28. The Hall–Kier alpha value is -1.95. The van der Waals surface area contributed by atoms with Crippen LogP contribution in [0.25, 0.3) is 0 Å². The topological polar surface area (TPSA) is 74.0 Å². The van der Waals surface area contributed by atoms with Gasteiger partial charge in [-0.05, 0) is 18.9 Å². The Morgan fingerprint density at radius 2 is 2.05 bits per heavy atom. The van der Waals surface area contributed by atoms with Gasteiger partial charge in [0.25, 0.3) is 5.91 Å². The molecular weight excluding hydrogens is 272 g/mol. The summed E-state index contributed by atoms with van der Waals surface area (Å²) in [6.07, 6.45) is 1.97. The van der Waals surface area contributed by atoms with E-state index < -0.39 is 0 Å². The number of ether oxygens (including phenoxy) is 3. The summed E-state index contributed by atoms with van der Waals surface area (Å²) >= 11 is 0. The maximum Gasteiger partial charge on any atom is 0.256 e. The van der Waals surface area contributed by atoms with Gasteiger partial charge in [-0.15, -0.1) is 0 Å². The van der Waals surface area contributed by atoms with Crippen LogP contribution in [0.2, 0.25) is 0 Å². The predicted octanol–water partition coefficient (Wildman–Crippen LogP) is 1.54. The van der Waals surface area contributed by atoms with Crippen LogP contribution in [0.4, 0.5) is 5.69 Å². The van der Waals surface area contributed by atoms with Gasteiger partial charge in [0, 0.05) is 26.3 Å². The number of carbonyl (C=O) groups is 1. The maximum absolute atomic E-state index is 12.7. The Bertz CT molecular complexity index is 519. The van der Waals surface area contributed by atoms with Crippen molar-refractivity contribution in [2.45, 2.75) is 18.9 Å². The molecule has 1 aromatic rings. The highest BCUT2D eigenvalue weighted by atomic mass is 16.5. The first kappa shape index (κ1) is 15.4. The van der Waals surface area contributed by atoms with Gasteiger partial charge < -0.3 is 24.8 Å². The normalized spacial score (nSPS) is 18.4. The van der Waals surface area contributed by atoms with E-state index in [1.165, 1.54) is 7.11 Å². The molecule has 1 saturated heterocycles. The van der Waals surface area contributed by atoms with Crippen LogP contribution in [0, 0.1) is 0 Å². The summed E-state index contributed by atoms with van der Waals surface area (Å²) in [5.74, 6) is 0.870. The number of piperidine rings is 1. The summed E-state index contributed by atoms with van der Waals surface area (Å²) in [5.41, 5.74) is 6.77. The first-order chi connectivity index (χ1) is 10.1. The van der Waals surface area contributed by atoms with Gasteiger partial charge >= 0.3 is 0 Å². The molecule has 116 valence electrons. The highest BCUT2D eigenvalue weighted by Crippen LogP contribution is 2.32. The van der Waals surface area contributed by atoms with Crippen LogP contribution >= 0.6 is 0 Å². The number of amides is 1. The van der Waals surface area contributed by atoms with E-state index in [9.17, 15) is 4.79 Å². The van der Waals surface area contributed by atoms with Crippen LogP contribution < -0.4 is 15.2 Å². The molecule has 1 aromatic carbocycles. The Balaban J connectivity index is 2.29. The van der Waals surface area contributed by atoms with Gasteiger partial charge in [0.2, 0.25) is 0 Å². The fourth-order valence-electron chi connectivity index (χ4n) is 2.55. The van der Waals surface area contributed by atoms with E-state index in [4.69, 9.17) is 19.9 Å². The SMILES string of the molecule is COc1cc(OC)c(N)c(C(=O)N2CCCC(OC)C2)c1. The van der Waals surface area contributed by atoms with E-state index in [0.29, 0.717) is 35.8 Å². The Kier molecular flexibility index (Phi) is 4.90. The number of nitrogens with zero attached hydrogens (tertiary/aromatic N) is 1. The van der Waals surface area contributed by atoms with Crippen LogP contribution in [0.15, 0.2) is 12.1 Å². The van der Waals surface area contributed by atoms with Crippen molar-refractivity contribution in [2.75, 3.05) is 40.2 Å². The zero-order chi connectivity index (χ0) is 15.4. The second-order valence-electron chi connectivity index (χ2n) is 5.04. The quantitative estimate of drug-likeness (QED) is 0.853. The lowest BCUT2D eigenvalue weighted by molar-refractivity contribution is 0.0269. The highest BCUT2D eigenvalue weighted by Gasteiger charge is 2.26. The number of methoxy groups -OCH3 is 3. The Morgan fingerprint density at radius 3 is 2.67 bits per heavy atom. The van der Waals surface area contributed by atoms with Gasteiger partial charge in [0.15, 0.2) is 0 Å². The zero-order valence-electron chi connectivity index (χ0n) is 12.7. The van der Waals surface area contributed by atoms with E-state index in [2.05, 4.69) is 0 Å². The number of hydrogen-bond acceptors (Lipinski definition) is 5. The molecular formula is C15H22N2O4. The number of nitrogens with two attached hydrogens (primary N) is 1. The fourth-order valence-corrected chi connectivity index (χ4v) is 2.55. The molecule has 1 aliphatic heterocycles. The lowest BCUT2D eigenvalue weighted by Gasteiger charge is -2.32. The van der Waals surface area contributed by atoms with E-state index >= 15 is 0 Å². The molecule has 0 radical (unpaired) electrons. The van der Waals surface area contributed by atoms with Gasteiger partial charge in [0.05, 0.1) is 31.6 Å². The maximum atomic E-state index is 12.7. The minimum Gasteiger partial charge on any atom is -0.497 e. The fraction of sp³-hybridized carbons (Fsp3) is 0.533. The van der Waals surface area contributed by atoms with Crippen molar-refractivity contribution in [1.29, 1.82) is 0 Å². The van der Waals surface area contributed by atoms with Crippen molar-refractivity contribution in [2.24, 2.45) is 0 Å². The van der Waals surface area contributed by atoms with E-state index in [1.807, 2.05) is 0 Å². The molecule has 0 saturated carbocycles. The standard InChI is InChI=1S/C15H22N2O4/c1-19-10-5-4-6-17(9-10)15(18)12-7-11(20-2)8-13(21-3)14(12)16/h7-8,10H,4-6,9,16H2,1-3H3. The summed E-state index contributed by atoms with van der Waals surface area (Å²) in [5, 5.41) is 0. The number of anilines is 1. The molecule has 6 nitrogen and oxygen atoms in total. The third-order valence-corrected chi connectivity index (χ3v) is 3.80. The molecule has 1 amide bonds. The highest BCUT2D eigenvalue weighted by molar-refractivity contribution is 6.01. The molecule has 1 unspecified atom stereocenters. The minimum absolute atomic E-state index is 0.0800. The molecule has 2 N–H and O–H groups in total. The molecule has 0 spiro atoms. The third kappa shape index (κ3) is 3.21. The van der Waals surface area contributed by atoms with Crippen molar-refractivity contribution in [3.05, 3.63) is 17.7 Å². The second kappa shape index (κ2) is 6.67. The molecule has 1 aliphatic rings. The third-order valence-electron chi connectivity index (χ3n) is 3.80.